The molecule has 1 N–H and O–H groups in total. The van der Waals surface area contributed by atoms with E-state index >= 15 is 0 Å². The predicted octanol–water partition coefficient (Wildman–Crippen LogP) is 6.45. The van der Waals surface area contributed by atoms with Gasteiger partial charge >= 0.3 is 0 Å². The van der Waals surface area contributed by atoms with Crippen molar-refractivity contribution in [1.82, 2.24) is 0 Å². The minimum Gasteiger partial charge on any atom is -0.497 e. The minimum absolute atomic E-state index is 0.00699. The highest BCUT2D eigenvalue weighted by Crippen LogP contribution is 2.60. The fourth-order valence-electron chi connectivity index (χ4n) is 8.47. The van der Waals surface area contributed by atoms with Gasteiger partial charge in [0.15, 0.2) is 5.60 Å². The number of hydrogen-bond donors (Lipinski definition) is 1. The molecular formula is C39H42N2O5Si. The summed E-state index contributed by atoms with van der Waals surface area (Å²) in [5, 5.41) is 11.4. The molecule has 2 amide bonds. The number of aryl methyl sites for hydroxylation is 1. The summed E-state index contributed by atoms with van der Waals surface area (Å²) in [7, 11) is -0.564. The Labute approximate surface area is 277 Å². The zero-order chi connectivity index (χ0) is 32.9. The second-order valence-electron chi connectivity index (χ2n) is 13.6. The number of carbonyl (C=O) groups excluding carboxylic acids is 2. The zero-order valence-electron chi connectivity index (χ0n) is 27.5. The summed E-state index contributed by atoms with van der Waals surface area (Å²) < 4.78 is 12.4. The van der Waals surface area contributed by atoms with Crippen LogP contribution in [-0.4, -0.2) is 44.8 Å². The summed E-state index contributed by atoms with van der Waals surface area (Å²) in [5.41, 5.74) is 4.60. The van der Waals surface area contributed by atoms with Gasteiger partial charge in [0.25, 0.3) is 5.91 Å². The summed E-state index contributed by atoms with van der Waals surface area (Å²) >= 11 is 0. The van der Waals surface area contributed by atoms with E-state index in [4.69, 9.17) is 9.47 Å². The molecule has 0 aromatic heterocycles. The first kappa shape index (κ1) is 31.4. The summed E-state index contributed by atoms with van der Waals surface area (Å²) in [6.07, 6.45) is 1.44. The van der Waals surface area contributed by atoms with E-state index in [1.165, 1.54) is 10.8 Å². The van der Waals surface area contributed by atoms with Crippen LogP contribution in [0, 0.1) is 5.92 Å². The van der Waals surface area contributed by atoms with Gasteiger partial charge in [-0.15, -0.1) is 0 Å². The van der Waals surface area contributed by atoms with Gasteiger partial charge in [-0.25, -0.2) is 0 Å². The molecule has 1 spiro atoms. The fraction of sp³-hybridized carbons (Fsp3) is 0.333. The van der Waals surface area contributed by atoms with Gasteiger partial charge in [0.2, 0.25) is 5.91 Å². The molecule has 0 radical (unpaired) electrons. The number of methoxy groups -OCH3 is 1. The molecule has 3 heterocycles. The van der Waals surface area contributed by atoms with E-state index in [9.17, 15) is 14.7 Å². The van der Waals surface area contributed by atoms with Crippen molar-refractivity contribution in [2.75, 3.05) is 23.5 Å². The van der Waals surface area contributed by atoms with Gasteiger partial charge in [0, 0.05) is 30.2 Å². The third-order valence-electron chi connectivity index (χ3n) is 10.8. The van der Waals surface area contributed by atoms with Gasteiger partial charge in [-0.05, 0) is 65.9 Å². The molecule has 7 nitrogen and oxygen atoms in total. The summed E-state index contributed by atoms with van der Waals surface area (Å²) in [6.45, 7) is 7.23. The molecule has 242 valence electrons. The summed E-state index contributed by atoms with van der Waals surface area (Å²) in [6, 6.07) is 32.3. The first-order valence-corrected chi connectivity index (χ1v) is 19.6. The monoisotopic (exact) mass is 646 g/mol. The van der Waals surface area contributed by atoms with Crippen molar-refractivity contribution in [2.45, 2.75) is 63.1 Å². The maximum atomic E-state index is 14.8. The molecule has 8 heteroatoms. The molecule has 4 aromatic carbocycles. The minimum atomic E-state index is -2.23. The topological polar surface area (TPSA) is 79.3 Å². The molecule has 1 saturated heterocycles. The van der Waals surface area contributed by atoms with Gasteiger partial charge in [0.05, 0.1) is 39.2 Å². The fourth-order valence-corrected chi connectivity index (χ4v) is 12.5. The lowest BCUT2D eigenvalue weighted by Gasteiger charge is -2.37. The Balaban J connectivity index is 1.21. The number of carbonyl (C=O) groups is 2. The van der Waals surface area contributed by atoms with Crippen LogP contribution in [0.3, 0.4) is 0 Å². The zero-order valence-corrected chi connectivity index (χ0v) is 28.5. The molecule has 0 saturated carbocycles. The molecule has 1 fully saturated rings. The van der Waals surface area contributed by atoms with Gasteiger partial charge in [-0.1, -0.05) is 85.9 Å². The molecule has 4 atom stereocenters. The van der Waals surface area contributed by atoms with Crippen molar-refractivity contribution >= 4 is 42.1 Å². The van der Waals surface area contributed by atoms with Crippen LogP contribution in [0.2, 0.25) is 18.6 Å². The highest BCUT2D eigenvalue weighted by atomic mass is 28.3. The van der Waals surface area contributed by atoms with Crippen molar-refractivity contribution in [3.63, 3.8) is 0 Å². The van der Waals surface area contributed by atoms with Crippen LogP contribution >= 0.6 is 0 Å². The molecule has 0 aliphatic carbocycles. The first-order valence-electron chi connectivity index (χ1n) is 16.5. The first-order chi connectivity index (χ1) is 22.7. The number of ether oxygens (including phenoxy) is 2. The molecular weight excluding hydrogens is 605 g/mol. The van der Waals surface area contributed by atoms with Crippen LogP contribution in [0.4, 0.5) is 17.1 Å². The lowest BCUT2D eigenvalue weighted by atomic mass is 9.82. The number of benzene rings is 4. The van der Waals surface area contributed by atoms with Crippen molar-refractivity contribution in [3.05, 3.63) is 114 Å². The number of para-hydroxylation sites is 2. The molecule has 3 aliphatic rings. The van der Waals surface area contributed by atoms with E-state index in [2.05, 4.69) is 38.2 Å². The molecule has 4 aromatic rings. The Hall–Kier alpha value is -4.24. The van der Waals surface area contributed by atoms with Gasteiger partial charge in [-0.3, -0.25) is 14.5 Å². The van der Waals surface area contributed by atoms with Crippen LogP contribution in [0.5, 0.6) is 5.75 Å². The summed E-state index contributed by atoms with van der Waals surface area (Å²) in [5.74, 6) is 0.727. The lowest BCUT2D eigenvalue weighted by molar-refractivity contribution is -0.146. The average molecular weight is 647 g/mol. The summed E-state index contributed by atoms with van der Waals surface area (Å²) in [4.78, 5) is 31.5. The number of anilines is 3. The van der Waals surface area contributed by atoms with E-state index < -0.39 is 13.7 Å². The maximum Gasteiger partial charge on any atom is 0.264 e. The van der Waals surface area contributed by atoms with Crippen molar-refractivity contribution < 1.29 is 24.2 Å². The van der Waals surface area contributed by atoms with E-state index in [-0.39, 0.29) is 36.0 Å². The Morgan fingerprint density at radius 2 is 1.57 bits per heavy atom. The van der Waals surface area contributed by atoms with Crippen LogP contribution in [-0.2, 0) is 32.9 Å². The molecule has 47 heavy (non-hydrogen) atoms. The number of amides is 2. The number of nitrogens with zero attached hydrogens (tertiary/aromatic N) is 2. The van der Waals surface area contributed by atoms with E-state index in [1.54, 1.807) is 12.0 Å². The second kappa shape index (κ2) is 12.1. The Morgan fingerprint density at radius 3 is 2.28 bits per heavy atom. The van der Waals surface area contributed by atoms with Gasteiger partial charge in [0.1, 0.15) is 5.75 Å². The van der Waals surface area contributed by atoms with Gasteiger partial charge < -0.3 is 19.5 Å². The maximum absolute atomic E-state index is 14.8. The Bertz CT molecular complexity index is 1810. The predicted molar refractivity (Wildman–Crippen MR) is 187 cm³/mol. The number of hydrogen-bond acceptors (Lipinski definition) is 5. The lowest BCUT2D eigenvalue weighted by Crippen LogP contribution is -2.51. The molecule has 3 aliphatic heterocycles. The normalized spacial score (nSPS) is 23.7. The van der Waals surface area contributed by atoms with E-state index in [0.29, 0.717) is 19.4 Å². The SMILES string of the molecule is COc1ccc([Si](C)(C)[C@H]2[C@H](CCO)O[C@@]3(C(=O)N(Cc4ccc(N5C(=O)CCc6ccccc65)cc4)c4ccccc43)[C@@H]2C)cc1. The average Bonchev–Trinajstić information content (AvgIpc) is 3.52. The van der Waals surface area contributed by atoms with Crippen molar-refractivity contribution in [3.8, 4) is 5.75 Å². The van der Waals surface area contributed by atoms with Crippen molar-refractivity contribution in [1.29, 1.82) is 0 Å². The highest BCUT2D eigenvalue weighted by molar-refractivity contribution is 6.91. The van der Waals surface area contributed by atoms with Crippen LogP contribution < -0.4 is 19.7 Å². The number of aliphatic hydroxyl groups is 1. The molecule has 0 unspecified atom stereocenters. The van der Waals surface area contributed by atoms with E-state index in [0.717, 1.165) is 40.4 Å². The number of rotatable bonds is 8. The standard InChI is InChI=1S/C39H42N2O5Si/c1-26-37(47(3,4)31-20-18-30(45-2)19-21-31)35(23-24-42)46-39(26)32-10-6-8-12-34(32)40(38(39)44)25-27-13-16-29(17-14-27)41-33-11-7-5-9-28(33)15-22-36(41)43/h5-14,16-21,26,35,37,42H,15,22-25H2,1-4H3/t26-,35+,37-,39+/m1/s1. The van der Waals surface area contributed by atoms with Crippen molar-refractivity contribution in [2.24, 2.45) is 5.92 Å². The highest BCUT2D eigenvalue weighted by Gasteiger charge is 2.66. The Kier molecular flexibility index (Phi) is 8.06. The quantitative estimate of drug-likeness (QED) is 0.223. The smallest absolute Gasteiger partial charge is 0.264 e. The Morgan fingerprint density at radius 1 is 0.894 bits per heavy atom. The molecule has 7 rings (SSSR count). The molecule has 0 bridgehead atoms. The largest absolute Gasteiger partial charge is 0.497 e. The van der Waals surface area contributed by atoms with Crippen LogP contribution in [0.1, 0.15) is 36.5 Å². The van der Waals surface area contributed by atoms with Gasteiger partial charge in [-0.2, -0.15) is 0 Å². The third-order valence-corrected chi connectivity index (χ3v) is 15.1. The van der Waals surface area contributed by atoms with Crippen LogP contribution in [0.15, 0.2) is 97.1 Å². The van der Waals surface area contributed by atoms with Crippen LogP contribution in [0.25, 0.3) is 0 Å². The second-order valence-corrected chi connectivity index (χ2v) is 18.3. The number of aliphatic hydroxyl groups excluding tert-OH is 1. The third kappa shape index (κ3) is 5.01. The van der Waals surface area contributed by atoms with E-state index in [1.807, 2.05) is 83.8 Å². The number of fused-ring (bicyclic) bond motifs is 3.